The van der Waals surface area contributed by atoms with E-state index in [4.69, 9.17) is 22.8 Å². The molecule has 0 aromatic heterocycles. The Morgan fingerprint density at radius 1 is 0.967 bits per heavy atom. The molecule has 6 heteroatoms. The first-order valence-electron chi connectivity index (χ1n) is 9.51. The number of amides is 1. The number of fused-ring (bicyclic) bond motifs is 3. The van der Waals surface area contributed by atoms with Gasteiger partial charge in [-0.3, -0.25) is 0 Å². The number of hydrogen-bond donors (Lipinski definition) is 0. The molecule has 1 radical (unpaired) electrons. The second-order valence-electron chi connectivity index (χ2n) is 6.64. The van der Waals surface area contributed by atoms with Crippen molar-refractivity contribution in [1.82, 2.24) is 0 Å². The molecule has 0 saturated heterocycles. The molecule has 0 fully saturated rings. The van der Waals surface area contributed by atoms with Crippen molar-refractivity contribution in [2.24, 2.45) is 0 Å². The summed E-state index contributed by atoms with van der Waals surface area (Å²) in [5, 5.41) is 0. The molecule has 0 unspecified atom stereocenters. The minimum Gasteiger partial charge on any atom is -0.179 e. The fraction of sp³-hybridized carbons (Fsp3) is 0.208. The Morgan fingerprint density at radius 3 is 2.03 bits per heavy atom. The van der Waals surface area contributed by atoms with Crippen LogP contribution in [0.4, 0.5) is 0 Å². The van der Waals surface area contributed by atoms with Gasteiger partial charge in [0.1, 0.15) is 0 Å². The van der Waals surface area contributed by atoms with Crippen LogP contribution in [0.15, 0.2) is 60.7 Å². The Bertz CT molecular complexity index is 884. The van der Waals surface area contributed by atoms with Crippen molar-refractivity contribution >= 4 is 32.5 Å². The summed E-state index contributed by atoms with van der Waals surface area (Å²) in [7, 11) is 10.6. The van der Waals surface area contributed by atoms with Crippen LogP contribution >= 0.6 is 17.0 Å². The maximum absolute atomic E-state index is 10.8. The van der Waals surface area contributed by atoms with Gasteiger partial charge in [0.05, 0.1) is 5.91 Å². The molecule has 1 N–H and O–H groups in total. The molecular weight excluding hydrogens is 508 g/mol. The molecule has 3 aromatic rings. The first kappa shape index (κ1) is 26.8. The Morgan fingerprint density at radius 2 is 1.50 bits per heavy atom. The summed E-state index contributed by atoms with van der Waals surface area (Å²) in [5.74, 6) is -0.597. The number of hydrogen-bond acceptors (Lipinski definition) is 1. The molecule has 1 aliphatic carbocycles. The van der Waals surface area contributed by atoms with Crippen LogP contribution in [0.1, 0.15) is 32.6 Å². The molecular formula is C24H26Cl2NOSiZr. The van der Waals surface area contributed by atoms with Crippen molar-refractivity contribution in [2.75, 3.05) is 0 Å². The van der Waals surface area contributed by atoms with E-state index in [9.17, 15) is 4.79 Å². The number of rotatable bonds is 1. The van der Waals surface area contributed by atoms with E-state index in [0.717, 1.165) is 27.1 Å². The van der Waals surface area contributed by atoms with Gasteiger partial charge in [-0.1, -0.05) is 66.7 Å². The van der Waals surface area contributed by atoms with Gasteiger partial charge in [0, 0.05) is 15.1 Å². The van der Waals surface area contributed by atoms with Crippen molar-refractivity contribution in [1.29, 1.82) is 0 Å². The smallest absolute Gasteiger partial charge is 0.0253 e. The number of carbonyl (C=O) groups excluding carboxylic acids is 1. The molecule has 0 bridgehead atoms. The summed E-state index contributed by atoms with van der Waals surface area (Å²) in [4.78, 5) is 10.8. The third-order valence-electron chi connectivity index (χ3n) is 4.32. The van der Waals surface area contributed by atoms with E-state index in [1.165, 1.54) is 22.3 Å². The molecule has 0 aliphatic heterocycles. The Kier molecular flexibility index (Phi) is 13.2. The predicted molar refractivity (Wildman–Crippen MR) is 129 cm³/mol. The van der Waals surface area contributed by atoms with Crippen LogP contribution in [0.25, 0.3) is 16.9 Å². The molecule has 0 saturated carbocycles. The van der Waals surface area contributed by atoms with Gasteiger partial charge in [-0.15, -0.1) is 5.56 Å². The molecule has 3 aromatic carbocycles. The van der Waals surface area contributed by atoms with Crippen LogP contribution in [0.2, 0.25) is 13.1 Å². The molecule has 4 rings (SSSR count). The fourth-order valence-electron chi connectivity index (χ4n) is 3.17. The zero-order valence-corrected chi connectivity index (χ0v) is 22.8. The molecule has 155 valence electrons. The van der Waals surface area contributed by atoms with Gasteiger partial charge in [0.2, 0.25) is 0 Å². The van der Waals surface area contributed by atoms with Gasteiger partial charge in [-0.25, -0.2) is 0 Å². The average molecular weight is 535 g/mol. The van der Waals surface area contributed by atoms with Gasteiger partial charge in [0.15, 0.2) is 0 Å². The Balaban J connectivity index is 0.000000241. The van der Waals surface area contributed by atoms with E-state index < -0.39 is 26.8 Å². The third-order valence-corrected chi connectivity index (χ3v) is 4.32. The zero-order valence-electron chi connectivity index (χ0n) is 17.7. The second-order valence-corrected chi connectivity index (χ2v) is 11.5. The quantitative estimate of drug-likeness (QED) is 0.185. The molecule has 0 heterocycles. The number of halogens is 2. The molecule has 1 amide bonds. The van der Waals surface area contributed by atoms with E-state index in [1.807, 2.05) is 38.1 Å². The molecule has 0 atom stereocenters. The molecule has 0 spiro atoms. The van der Waals surface area contributed by atoms with Gasteiger partial charge < -0.3 is 10.5 Å². The van der Waals surface area contributed by atoms with E-state index in [-0.39, 0.29) is 0 Å². The Hall–Kier alpha value is -1.19. The predicted octanol–water partition coefficient (Wildman–Crippen LogP) is 7.45. The first-order chi connectivity index (χ1) is 14.4. The van der Waals surface area contributed by atoms with Crippen molar-refractivity contribution < 1.29 is 25.6 Å². The van der Waals surface area contributed by atoms with Crippen LogP contribution in [0.3, 0.4) is 0 Å². The number of carbonyl (C=O) groups is 1. The summed E-state index contributed by atoms with van der Waals surface area (Å²) in [6, 6.07) is 23.7. The van der Waals surface area contributed by atoms with Crippen molar-refractivity contribution in [3.63, 3.8) is 0 Å². The first-order valence-corrected chi connectivity index (χ1v) is 18.1. The fourth-order valence-corrected chi connectivity index (χ4v) is 3.17. The minimum atomic E-state index is -0.826. The maximum atomic E-state index is 10.8. The Labute approximate surface area is 201 Å². The SMILES string of the molecule is C[SiH]C.Cc1cccc(C)c1C([NH-])=O.[Cl][Zr+2][Cl].[c-]1cccc2c1Cc1ccccc1-2. The number of aryl methyl sites for hydroxylation is 2. The average Bonchev–Trinajstić information content (AvgIpc) is 3.08. The van der Waals surface area contributed by atoms with Crippen molar-refractivity contribution in [3.8, 4) is 11.1 Å². The molecule has 2 nitrogen and oxygen atoms in total. The molecule has 30 heavy (non-hydrogen) atoms. The van der Waals surface area contributed by atoms with Crippen LogP contribution in [0.5, 0.6) is 0 Å². The van der Waals surface area contributed by atoms with E-state index >= 15 is 0 Å². The number of nitrogens with one attached hydrogen (secondary N) is 1. The molecule has 1 aliphatic rings. The van der Waals surface area contributed by atoms with Crippen LogP contribution in [-0.2, 0) is 27.3 Å². The van der Waals surface area contributed by atoms with Crippen LogP contribution in [0, 0.1) is 19.9 Å². The topological polar surface area (TPSA) is 40.9 Å². The zero-order chi connectivity index (χ0) is 22.5. The van der Waals surface area contributed by atoms with Crippen LogP contribution < -0.4 is 0 Å². The van der Waals surface area contributed by atoms with Gasteiger partial charge in [0.25, 0.3) is 0 Å². The summed E-state index contributed by atoms with van der Waals surface area (Å²) in [6.07, 6.45) is 1.05. The van der Waals surface area contributed by atoms with Crippen molar-refractivity contribution in [3.05, 3.63) is 100 Å². The van der Waals surface area contributed by atoms with E-state index in [2.05, 4.69) is 55.6 Å². The van der Waals surface area contributed by atoms with Gasteiger partial charge in [-0.05, 0) is 31.4 Å². The monoisotopic (exact) mass is 532 g/mol. The van der Waals surface area contributed by atoms with E-state index in [0.29, 0.717) is 5.56 Å². The third kappa shape index (κ3) is 8.15. The largest absolute Gasteiger partial charge is 0.179 e. The summed E-state index contributed by atoms with van der Waals surface area (Å²) in [5.41, 5.74) is 14.8. The summed E-state index contributed by atoms with van der Waals surface area (Å²) >= 11 is -0.826. The minimum absolute atomic E-state index is 0.535. The second kappa shape index (κ2) is 14.8. The van der Waals surface area contributed by atoms with Crippen molar-refractivity contribution in [2.45, 2.75) is 33.4 Å². The standard InChI is InChI=1S/C13H9.C9H11NO.C2H7Si.2ClH.Zr/c1-3-7-12-10(5-1)9-11-6-2-4-8-13(11)12;1-6-4-3-5-7(2)8(6)9(10)11;1-3-2;;;/h1-5,7-8H,9H2;3-5H,1-2H3,(H2,10,11);3H,1-2H3;2*1H;/q-1;;;;;+4/p-3. The van der Waals surface area contributed by atoms with Crippen LogP contribution in [-0.4, -0.2) is 15.4 Å². The number of benzene rings is 3. The van der Waals surface area contributed by atoms with E-state index in [1.54, 1.807) is 0 Å². The summed E-state index contributed by atoms with van der Waals surface area (Å²) in [6.45, 7) is 8.10. The van der Waals surface area contributed by atoms with Gasteiger partial charge in [-0.2, -0.15) is 29.8 Å². The normalized spacial score (nSPS) is 9.80. The maximum Gasteiger partial charge on any atom is -0.0253 e. The van der Waals surface area contributed by atoms with Gasteiger partial charge >= 0.3 is 37.9 Å². The summed E-state index contributed by atoms with van der Waals surface area (Å²) < 4.78 is 0.